The maximum Gasteiger partial charge on any atom is 0.164 e. The molecule has 1 aromatic carbocycles. The summed E-state index contributed by atoms with van der Waals surface area (Å²) in [5.41, 5.74) is 1.58. The van der Waals surface area contributed by atoms with Crippen molar-refractivity contribution in [2.24, 2.45) is 0 Å². The molecule has 0 aliphatic rings. The number of anilines is 2. The highest BCUT2D eigenvalue weighted by atomic mass is 16.5. The van der Waals surface area contributed by atoms with Crippen LogP contribution in [0.4, 0.5) is 11.5 Å². The monoisotopic (exact) mass is 252 g/mol. The van der Waals surface area contributed by atoms with E-state index in [1.54, 1.807) is 13.3 Å². The number of ether oxygens (including phenoxy) is 1. The van der Waals surface area contributed by atoms with Gasteiger partial charge in [-0.05, 0) is 24.3 Å². The van der Waals surface area contributed by atoms with Crippen molar-refractivity contribution >= 4 is 22.5 Å². The fourth-order valence-electron chi connectivity index (χ4n) is 1.83. The largest absolute Gasteiger partial charge is 0.497 e. The highest BCUT2D eigenvalue weighted by Crippen LogP contribution is 2.23. The molecule has 0 saturated carbocycles. The van der Waals surface area contributed by atoms with Gasteiger partial charge in [-0.15, -0.1) is 0 Å². The summed E-state index contributed by atoms with van der Waals surface area (Å²) in [5, 5.41) is 4.13. The number of aromatic nitrogens is 3. The molecule has 0 fully saturated rings. The second-order valence-electron chi connectivity index (χ2n) is 3.95. The number of hydrogen-bond acceptors (Lipinski definition) is 5. The zero-order valence-electron chi connectivity index (χ0n) is 10.4. The van der Waals surface area contributed by atoms with E-state index in [-0.39, 0.29) is 0 Å². The van der Waals surface area contributed by atoms with E-state index in [1.165, 1.54) is 6.33 Å². The molecule has 1 N–H and O–H groups in total. The van der Waals surface area contributed by atoms with Gasteiger partial charge >= 0.3 is 0 Å². The standard InChI is InChI=1S/C14H12N4O/c1-19-11-5-2-4-10(8-11)18-14-12-6-3-7-15-13(12)16-9-17-14/h2-9H,1H3,(H,15,16,17,18). The zero-order valence-corrected chi connectivity index (χ0v) is 10.4. The number of benzene rings is 1. The van der Waals surface area contributed by atoms with E-state index in [2.05, 4.69) is 20.3 Å². The first-order chi connectivity index (χ1) is 9.36. The smallest absolute Gasteiger partial charge is 0.164 e. The molecule has 0 atom stereocenters. The number of pyridine rings is 1. The van der Waals surface area contributed by atoms with E-state index in [4.69, 9.17) is 4.74 Å². The number of hydrogen-bond donors (Lipinski definition) is 1. The summed E-state index contributed by atoms with van der Waals surface area (Å²) in [6.07, 6.45) is 3.21. The minimum atomic E-state index is 0.669. The van der Waals surface area contributed by atoms with E-state index in [1.807, 2.05) is 36.4 Å². The van der Waals surface area contributed by atoms with E-state index in [0.717, 1.165) is 22.6 Å². The molecule has 0 aliphatic carbocycles. The van der Waals surface area contributed by atoms with Crippen molar-refractivity contribution in [3.8, 4) is 5.75 Å². The first-order valence-corrected chi connectivity index (χ1v) is 5.83. The summed E-state index contributed by atoms with van der Waals surface area (Å²) in [5.74, 6) is 1.52. The van der Waals surface area contributed by atoms with Crippen LogP contribution in [0.1, 0.15) is 0 Å². The van der Waals surface area contributed by atoms with Crippen LogP contribution in [0.25, 0.3) is 11.0 Å². The molecular weight excluding hydrogens is 240 g/mol. The summed E-state index contributed by atoms with van der Waals surface area (Å²) < 4.78 is 5.19. The maximum absolute atomic E-state index is 5.19. The quantitative estimate of drug-likeness (QED) is 0.776. The van der Waals surface area contributed by atoms with Gasteiger partial charge < -0.3 is 10.1 Å². The number of nitrogens with zero attached hydrogens (tertiary/aromatic N) is 3. The molecule has 0 radical (unpaired) electrons. The number of fused-ring (bicyclic) bond motifs is 1. The Bertz CT molecular complexity index is 709. The van der Waals surface area contributed by atoms with Gasteiger partial charge in [0.05, 0.1) is 12.5 Å². The summed E-state index contributed by atoms with van der Waals surface area (Å²) in [4.78, 5) is 12.6. The van der Waals surface area contributed by atoms with Gasteiger partial charge in [-0.1, -0.05) is 6.07 Å². The highest BCUT2D eigenvalue weighted by molar-refractivity contribution is 5.87. The van der Waals surface area contributed by atoms with Crippen LogP contribution >= 0.6 is 0 Å². The Hall–Kier alpha value is -2.69. The van der Waals surface area contributed by atoms with Gasteiger partial charge in [-0.25, -0.2) is 15.0 Å². The summed E-state index contributed by atoms with van der Waals surface area (Å²) in [6, 6.07) is 11.5. The third-order valence-corrected chi connectivity index (χ3v) is 2.74. The first-order valence-electron chi connectivity index (χ1n) is 5.83. The first kappa shape index (κ1) is 11.4. The van der Waals surface area contributed by atoms with Crippen LogP contribution in [0.3, 0.4) is 0 Å². The Morgan fingerprint density at radius 2 is 2.00 bits per heavy atom. The predicted molar refractivity (Wildman–Crippen MR) is 73.6 cm³/mol. The molecule has 94 valence electrons. The minimum Gasteiger partial charge on any atom is -0.497 e. The summed E-state index contributed by atoms with van der Waals surface area (Å²) in [7, 11) is 1.64. The van der Waals surface area contributed by atoms with Crippen LogP contribution in [0.5, 0.6) is 5.75 Å². The normalized spacial score (nSPS) is 10.4. The van der Waals surface area contributed by atoms with Gasteiger partial charge in [0.1, 0.15) is 17.9 Å². The fraction of sp³-hybridized carbons (Fsp3) is 0.0714. The van der Waals surface area contributed by atoms with E-state index in [0.29, 0.717) is 5.65 Å². The van der Waals surface area contributed by atoms with Crippen LogP contribution in [0, 0.1) is 0 Å². The lowest BCUT2D eigenvalue weighted by Gasteiger charge is -2.08. The van der Waals surface area contributed by atoms with E-state index < -0.39 is 0 Å². The Kier molecular flexibility index (Phi) is 2.94. The summed E-state index contributed by atoms with van der Waals surface area (Å²) in [6.45, 7) is 0. The molecule has 3 aromatic rings. The van der Waals surface area contributed by atoms with Crippen LogP contribution in [-0.4, -0.2) is 22.1 Å². The molecule has 5 nitrogen and oxygen atoms in total. The molecule has 2 aromatic heterocycles. The molecule has 0 saturated heterocycles. The van der Waals surface area contributed by atoms with Crippen LogP contribution < -0.4 is 10.1 Å². The van der Waals surface area contributed by atoms with Gasteiger partial charge in [0.15, 0.2) is 5.65 Å². The second-order valence-corrected chi connectivity index (χ2v) is 3.95. The van der Waals surface area contributed by atoms with Crippen molar-refractivity contribution in [1.29, 1.82) is 0 Å². The van der Waals surface area contributed by atoms with Crippen molar-refractivity contribution in [1.82, 2.24) is 15.0 Å². The zero-order chi connectivity index (χ0) is 13.1. The average Bonchev–Trinajstić information content (AvgIpc) is 2.48. The average molecular weight is 252 g/mol. The molecule has 0 bridgehead atoms. The molecule has 0 unspecified atom stereocenters. The van der Waals surface area contributed by atoms with Crippen molar-refractivity contribution in [2.45, 2.75) is 0 Å². The van der Waals surface area contributed by atoms with Crippen molar-refractivity contribution in [3.05, 3.63) is 48.9 Å². The molecule has 0 spiro atoms. The molecule has 5 heteroatoms. The lowest BCUT2D eigenvalue weighted by molar-refractivity contribution is 0.415. The van der Waals surface area contributed by atoms with Gasteiger partial charge in [0, 0.05) is 18.0 Å². The lowest BCUT2D eigenvalue weighted by Crippen LogP contribution is -1.97. The highest BCUT2D eigenvalue weighted by Gasteiger charge is 2.04. The van der Waals surface area contributed by atoms with Gasteiger partial charge in [0.2, 0.25) is 0 Å². The number of rotatable bonds is 3. The maximum atomic E-state index is 5.19. The Labute approximate surface area is 110 Å². The van der Waals surface area contributed by atoms with Crippen LogP contribution in [0.2, 0.25) is 0 Å². The Morgan fingerprint density at radius 1 is 1.05 bits per heavy atom. The summed E-state index contributed by atoms with van der Waals surface area (Å²) >= 11 is 0. The number of nitrogens with one attached hydrogen (secondary N) is 1. The van der Waals surface area contributed by atoms with Gasteiger partial charge in [0.25, 0.3) is 0 Å². The van der Waals surface area contributed by atoms with E-state index >= 15 is 0 Å². The SMILES string of the molecule is COc1cccc(Nc2ncnc3ncccc23)c1. The molecule has 2 heterocycles. The second kappa shape index (κ2) is 4.89. The Morgan fingerprint density at radius 3 is 2.89 bits per heavy atom. The van der Waals surface area contributed by atoms with Crippen molar-refractivity contribution in [2.75, 3.05) is 12.4 Å². The minimum absolute atomic E-state index is 0.669. The number of methoxy groups -OCH3 is 1. The van der Waals surface area contributed by atoms with Gasteiger partial charge in [-0.2, -0.15) is 0 Å². The molecule has 0 aliphatic heterocycles. The molecule has 0 amide bonds. The van der Waals surface area contributed by atoms with Crippen molar-refractivity contribution < 1.29 is 4.74 Å². The van der Waals surface area contributed by atoms with Gasteiger partial charge in [-0.3, -0.25) is 0 Å². The Balaban J connectivity index is 2.01. The molecular formula is C14H12N4O. The van der Waals surface area contributed by atoms with Crippen LogP contribution in [0.15, 0.2) is 48.9 Å². The van der Waals surface area contributed by atoms with Crippen molar-refractivity contribution in [3.63, 3.8) is 0 Å². The van der Waals surface area contributed by atoms with Crippen LogP contribution in [-0.2, 0) is 0 Å². The molecule has 19 heavy (non-hydrogen) atoms. The topological polar surface area (TPSA) is 59.9 Å². The predicted octanol–water partition coefficient (Wildman–Crippen LogP) is 2.78. The molecule has 3 rings (SSSR count). The fourth-order valence-corrected chi connectivity index (χ4v) is 1.83. The third kappa shape index (κ3) is 2.30. The van der Waals surface area contributed by atoms with E-state index in [9.17, 15) is 0 Å². The lowest BCUT2D eigenvalue weighted by atomic mass is 10.2. The third-order valence-electron chi connectivity index (χ3n) is 2.74.